The second kappa shape index (κ2) is 9.42. The summed E-state index contributed by atoms with van der Waals surface area (Å²) in [5.41, 5.74) is 4.41. The minimum atomic E-state index is -0.919. The molecule has 0 spiro atoms. The average molecular weight is 499 g/mol. The lowest BCUT2D eigenvalue weighted by molar-refractivity contribution is -0.136. The molecule has 3 aromatic rings. The van der Waals surface area contributed by atoms with Gasteiger partial charge < -0.3 is 14.7 Å². The van der Waals surface area contributed by atoms with Gasteiger partial charge in [0.2, 0.25) is 5.88 Å². The molecule has 1 fully saturated rings. The summed E-state index contributed by atoms with van der Waals surface area (Å²) in [7, 11) is 0. The van der Waals surface area contributed by atoms with E-state index in [0.717, 1.165) is 29.7 Å². The second-order valence-corrected chi connectivity index (χ2v) is 10.8. The molecule has 1 saturated carbocycles. The van der Waals surface area contributed by atoms with Crippen molar-refractivity contribution >= 4 is 17.6 Å². The van der Waals surface area contributed by atoms with Gasteiger partial charge in [-0.15, -0.1) is 0 Å². The number of hydrogen-bond donors (Lipinski definition) is 2. The van der Waals surface area contributed by atoms with Gasteiger partial charge in [0.25, 0.3) is 0 Å². The SMILES string of the molecule is CC(C)(C)c1cc(C(=O)CN2Cc3ccc(C4CC4)nc3C2=N)ccc1Oc1ccc(CC(=O)O)cn1. The van der Waals surface area contributed by atoms with E-state index in [0.29, 0.717) is 46.7 Å². The van der Waals surface area contributed by atoms with E-state index in [-0.39, 0.29) is 24.2 Å². The maximum atomic E-state index is 13.3. The Morgan fingerprint density at radius 2 is 1.92 bits per heavy atom. The Hall–Kier alpha value is -4.07. The first-order valence-corrected chi connectivity index (χ1v) is 12.4. The van der Waals surface area contributed by atoms with Crippen LogP contribution in [0.25, 0.3) is 0 Å². The standard InChI is InChI=1S/C29H30N4O4/c1-29(2,3)21-13-19(8-10-24(21)37-25-11-4-17(14-31-25)12-26(35)36)23(34)16-33-15-20-7-9-22(18-5-6-18)32-27(20)28(33)30/h4,7-11,13-14,18,30H,5-6,12,15-16H2,1-3H3,(H,35,36). The van der Waals surface area contributed by atoms with E-state index in [4.69, 9.17) is 20.2 Å². The third-order valence-corrected chi connectivity index (χ3v) is 6.71. The minimum absolute atomic E-state index is 0.0758. The smallest absolute Gasteiger partial charge is 0.307 e. The molecule has 8 heteroatoms. The van der Waals surface area contributed by atoms with Gasteiger partial charge >= 0.3 is 5.97 Å². The fourth-order valence-electron chi connectivity index (χ4n) is 4.52. The van der Waals surface area contributed by atoms with Gasteiger partial charge in [0.05, 0.1) is 13.0 Å². The summed E-state index contributed by atoms with van der Waals surface area (Å²) in [5, 5.41) is 17.6. The minimum Gasteiger partial charge on any atom is -0.481 e. The first-order chi connectivity index (χ1) is 17.6. The molecule has 5 rings (SSSR count). The number of aliphatic carboxylic acids is 1. The quantitative estimate of drug-likeness (QED) is 0.415. The van der Waals surface area contributed by atoms with Crippen molar-refractivity contribution in [1.29, 1.82) is 5.41 Å². The van der Waals surface area contributed by atoms with Crippen LogP contribution >= 0.6 is 0 Å². The van der Waals surface area contributed by atoms with Gasteiger partial charge in [-0.2, -0.15) is 0 Å². The number of aromatic nitrogens is 2. The number of carbonyl (C=O) groups is 2. The molecular formula is C29H30N4O4. The molecule has 1 aliphatic carbocycles. The summed E-state index contributed by atoms with van der Waals surface area (Å²) in [5.74, 6) is 0.759. The van der Waals surface area contributed by atoms with Crippen LogP contribution in [0.15, 0.2) is 48.7 Å². The maximum Gasteiger partial charge on any atom is 0.307 e. The predicted molar refractivity (Wildman–Crippen MR) is 139 cm³/mol. The number of carboxylic acids is 1. The molecule has 0 radical (unpaired) electrons. The van der Waals surface area contributed by atoms with Crippen LogP contribution in [-0.4, -0.2) is 44.1 Å². The Labute approximate surface area is 215 Å². The summed E-state index contributed by atoms with van der Waals surface area (Å²) in [4.78, 5) is 34.9. The first kappa shape index (κ1) is 24.6. The monoisotopic (exact) mass is 498 g/mol. The van der Waals surface area contributed by atoms with E-state index >= 15 is 0 Å². The first-order valence-electron chi connectivity index (χ1n) is 12.4. The molecule has 1 aromatic carbocycles. The van der Waals surface area contributed by atoms with Crippen LogP contribution in [0.1, 0.15) is 78.0 Å². The van der Waals surface area contributed by atoms with Crippen LogP contribution in [0.3, 0.4) is 0 Å². The van der Waals surface area contributed by atoms with Crippen LogP contribution in [-0.2, 0) is 23.2 Å². The predicted octanol–water partition coefficient (Wildman–Crippen LogP) is 5.09. The lowest BCUT2D eigenvalue weighted by Gasteiger charge is -2.24. The molecule has 2 aromatic heterocycles. The van der Waals surface area contributed by atoms with Gasteiger partial charge in [0, 0.05) is 47.1 Å². The third-order valence-electron chi connectivity index (χ3n) is 6.71. The van der Waals surface area contributed by atoms with Crippen molar-refractivity contribution in [3.05, 3.63) is 82.3 Å². The molecular weight excluding hydrogens is 468 g/mol. The molecule has 2 N–H and O–H groups in total. The molecule has 0 saturated heterocycles. The summed E-state index contributed by atoms with van der Waals surface area (Å²) < 4.78 is 6.04. The Morgan fingerprint density at radius 1 is 1.14 bits per heavy atom. The number of pyridine rings is 2. The van der Waals surface area contributed by atoms with Gasteiger partial charge in [0.15, 0.2) is 5.78 Å². The largest absolute Gasteiger partial charge is 0.481 e. The van der Waals surface area contributed by atoms with Crippen molar-refractivity contribution in [2.45, 2.75) is 57.9 Å². The number of fused-ring (bicyclic) bond motifs is 1. The summed E-state index contributed by atoms with van der Waals surface area (Å²) in [6.07, 6.45) is 3.70. The van der Waals surface area contributed by atoms with E-state index in [2.05, 4.69) is 11.1 Å². The highest BCUT2D eigenvalue weighted by atomic mass is 16.5. The van der Waals surface area contributed by atoms with E-state index in [1.165, 1.54) is 6.20 Å². The van der Waals surface area contributed by atoms with Crippen molar-refractivity contribution < 1.29 is 19.4 Å². The molecule has 190 valence electrons. The van der Waals surface area contributed by atoms with Crippen molar-refractivity contribution in [2.24, 2.45) is 0 Å². The van der Waals surface area contributed by atoms with E-state index in [9.17, 15) is 9.59 Å². The number of nitrogens with zero attached hydrogens (tertiary/aromatic N) is 3. The number of ketones is 1. The Bertz CT molecular complexity index is 1390. The zero-order chi connectivity index (χ0) is 26.3. The summed E-state index contributed by atoms with van der Waals surface area (Å²) >= 11 is 0. The van der Waals surface area contributed by atoms with Crippen LogP contribution in [0.4, 0.5) is 0 Å². The molecule has 2 aliphatic rings. The van der Waals surface area contributed by atoms with E-state index in [1.54, 1.807) is 29.2 Å². The number of amidine groups is 1. The molecule has 0 atom stereocenters. The molecule has 37 heavy (non-hydrogen) atoms. The summed E-state index contributed by atoms with van der Waals surface area (Å²) in [6.45, 7) is 6.74. The molecule has 3 heterocycles. The fourth-order valence-corrected chi connectivity index (χ4v) is 4.52. The van der Waals surface area contributed by atoms with Crippen molar-refractivity contribution in [1.82, 2.24) is 14.9 Å². The highest BCUT2D eigenvalue weighted by Gasteiger charge is 2.31. The third kappa shape index (κ3) is 5.38. The number of Topliss-reactive ketones (excluding diaryl/α,β-unsaturated/α-hetero) is 1. The van der Waals surface area contributed by atoms with Gasteiger partial charge in [-0.3, -0.25) is 15.0 Å². The molecule has 0 amide bonds. The van der Waals surface area contributed by atoms with Crippen molar-refractivity contribution in [3.63, 3.8) is 0 Å². The topological polar surface area (TPSA) is 116 Å². The van der Waals surface area contributed by atoms with Gasteiger partial charge in [-0.25, -0.2) is 9.97 Å². The van der Waals surface area contributed by atoms with Crippen LogP contribution in [0.5, 0.6) is 11.6 Å². The highest BCUT2D eigenvalue weighted by molar-refractivity contribution is 6.04. The molecule has 0 unspecified atom stereocenters. The lowest BCUT2D eigenvalue weighted by Crippen LogP contribution is -2.30. The van der Waals surface area contributed by atoms with E-state index < -0.39 is 5.97 Å². The summed E-state index contributed by atoms with van der Waals surface area (Å²) in [6, 6.07) is 12.8. The fraction of sp³-hybridized carbons (Fsp3) is 0.345. The van der Waals surface area contributed by atoms with Crippen molar-refractivity contribution in [2.75, 3.05) is 6.54 Å². The van der Waals surface area contributed by atoms with Crippen LogP contribution in [0, 0.1) is 5.41 Å². The Morgan fingerprint density at radius 3 is 2.57 bits per heavy atom. The molecule has 0 bridgehead atoms. The normalized spacial score (nSPS) is 15.0. The molecule has 8 nitrogen and oxygen atoms in total. The average Bonchev–Trinajstić information content (AvgIpc) is 3.65. The van der Waals surface area contributed by atoms with Gasteiger partial charge in [-0.1, -0.05) is 32.9 Å². The van der Waals surface area contributed by atoms with Crippen molar-refractivity contribution in [3.8, 4) is 11.6 Å². The lowest BCUT2D eigenvalue weighted by atomic mass is 9.85. The maximum absolute atomic E-state index is 13.3. The number of carbonyl (C=O) groups excluding carboxylic acids is 1. The second-order valence-electron chi connectivity index (χ2n) is 10.8. The van der Waals surface area contributed by atoms with Crippen LogP contribution in [0.2, 0.25) is 0 Å². The molecule has 1 aliphatic heterocycles. The number of rotatable bonds is 8. The Kier molecular flexibility index (Phi) is 6.27. The zero-order valence-electron chi connectivity index (χ0n) is 21.2. The number of nitrogens with one attached hydrogen (secondary N) is 1. The van der Waals surface area contributed by atoms with E-state index in [1.807, 2.05) is 32.9 Å². The van der Waals surface area contributed by atoms with Gasteiger partial charge in [0.1, 0.15) is 17.3 Å². The highest BCUT2D eigenvalue weighted by Crippen LogP contribution is 2.40. The van der Waals surface area contributed by atoms with Gasteiger partial charge in [-0.05, 0) is 48.1 Å². The zero-order valence-corrected chi connectivity index (χ0v) is 21.2. The Balaban J connectivity index is 1.32. The number of hydrogen-bond acceptors (Lipinski definition) is 6. The number of benzene rings is 1. The number of ether oxygens (including phenoxy) is 1. The van der Waals surface area contributed by atoms with Crippen LogP contribution < -0.4 is 4.74 Å². The number of carboxylic acid groups (broad SMARTS) is 1.